The van der Waals surface area contributed by atoms with Crippen molar-refractivity contribution in [1.82, 2.24) is 5.32 Å². The maximum Gasteiger partial charge on any atom is 0.142 e. The van der Waals surface area contributed by atoms with Crippen LogP contribution in [-0.4, -0.2) is 18.8 Å². The van der Waals surface area contributed by atoms with Gasteiger partial charge in [-0.3, -0.25) is 0 Å². The van der Waals surface area contributed by atoms with E-state index in [1.54, 1.807) is 13.2 Å². The van der Waals surface area contributed by atoms with Gasteiger partial charge in [0.1, 0.15) is 11.6 Å². The number of methoxy groups -OCH3 is 1. The summed E-state index contributed by atoms with van der Waals surface area (Å²) in [6, 6.07) is 11.8. The molecule has 3 nitrogen and oxygen atoms in total. The standard InChI is InChI=1S/C17H19ClFNO2/c1-11(12-4-3-5-14(8-12)22-2)20-17(10-21)13-6-7-15(18)16(19)9-13/h3-9,11,17,20-21H,10H2,1-2H3. The molecular weight excluding hydrogens is 305 g/mol. The molecule has 2 aromatic carbocycles. The zero-order valence-electron chi connectivity index (χ0n) is 12.5. The van der Waals surface area contributed by atoms with Crippen molar-refractivity contribution in [2.24, 2.45) is 0 Å². The van der Waals surface area contributed by atoms with Gasteiger partial charge in [0, 0.05) is 6.04 Å². The third-order valence-corrected chi connectivity index (χ3v) is 3.88. The highest BCUT2D eigenvalue weighted by Gasteiger charge is 2.16. The third-order valence-electron chi connectivity index (χ3n) is 3.57. The van der Waals surface area contributed by atoms with Crippen LogP contribution in [0.3, 0.4) is 0 Å². The summed E-state index contributed by atoms with van der Waals surface area (Å²) in [6.07, 6.45) is 0. The quantitative estimate of drug-likeness (QED) is 0.848. The number of rotatable bonds is 6. The van der Waals surface area contributed by atoms with Crippen LogP contribution in [0.15, 0.2) is 42.5 Å². The van der Waals surface area contributed by atoms with E-state index in [-0.39, 0.29) is 23.7 Å². The van der Waals surface area contributed by atoms with Crippen LogP contribution in [0.25, 0.3) is 0 Å². The van der Waals surface area contributed by atoms with Gasteiger partial charge in [0.2, 0.25) is 0 Å². The molecule has 0 radical (unpaired) electrons. The summed E-state index contributed by atoms with van der Waals surface area (Å²) in [5.41, 5.74) is 1.67. The average Bonchev–Trinajstić information content (AvgIpc) is 2.55. The molecule has 2 N–H and O–H groups in total. The minimum atomic E-state index is -0.492. The van der Waals surface area contributed by atoms with Crippen molar-refractivity contribution >= 4 is 11.6 Å². The van der Waals surface area contributed by atoms with Crippen LogP contribution in [0.1, 0.15) is 30.1 Å². The number of ether oxygens (including phenoxy) is 1. The van der Waals surface area contributed by atoms with E-state index in [1.165, 1.54) is 12.1 Å². The summed E-state index contributed by atoms with van der Waals surface area (Å²) in [4.78, 5) is 0. The summed E-state index contributed by atoms with van der Waals surface area (Å²) in [7, 11) is 1.62. The number of hydrogen-bond acceptors (Lipinski definition) is 3. The number of halogens is 2. The second-order valence-electron chi connectivity index (χ2n) is 5.07. The lowest BCUT2D eigenvalue weighted by Gasteiger charge is -2.23. The van der Waals surface area contributed by atoms with E-state index in [9.17, 15) is 9.50 Å². The highest BCUT2D eigenvalue weighted by Crippen LogP contribution is 2.24. The molecule has 0 amide bonds. The first kappa shape index (κ1) is 16.7. The molecule has 0 aliphatic rings. The largest absolute Gasteiger partial charge is 0.497 e. The van der Waals surface area contributed by atoms with Gasteiger partial charge in [0.15, 0.2) is 0 Å². The Morgan fingerprint density at radius 2 is 2.00 bits per heavy atom. The maximum absolute atomic E-state index is 13.6. The number of nitrogens with one attached hydrogen (secondary N) is 1. The van der Waals surface area contributed by atoms with Gasteiger partial charge in [-0.05, 0) is 42.3 Å². The van der Waals surface area contributed by atoms with Gasteiger partial charge in [-0.2, -0.15) is 0 Å². The van der Waals surface area contributed by atoms with Gasteiger partial charge in [-0.25, -0.2) is 4.39 Å². The molecule has 22 heavy (non-hydrogen) atoms. The first-order valence-electron chi connectivity index (χ1n) is 7.01. The smallest absolute Gasteiger partial charge is 0.142 e. The minimum absolute atomic E-state index is 0.0361. The molecule has 2 aromatic rings. The molecule has 0 aliphatic carbocycles. The number of hydrogen-bond donors (Lipinski definition) is 2. The summed E-state index contributed by atoms with van der Waals surface area (Å²) in [5.74, 6) is 0.276. The van der Waals surface area contributed by atoms with Crippen LogP contribution in [0.5, 0.6) is 5.75 Å². The van der Waals surface area contributed by atoms with Crippen molar-refractivity contribution < 1.29 is 14.2 Å². The lowest BCUT2D eigenvalue weighted by molar-refractivity contribution is 0.235. The molecule has 0 aliphatic heterocycles. The Bertz CT molecular complexity index is 636. The van der Waals surface area contributed by atoms with Crippen LogP contribution >= 0.6 is 11.6 Å². The molecule has 0 bridgehead atoms. The van der Waals surface area contributed by atoms with Crippen LogP contribution in [-0.2, 0) is 0 Å². The van der Waals surface area contributed by atoms with Gasteiger partial charge in [-0.15, -0.1) is 0 Å². The van der Waals surface area contributed by atoms with Gasteiger partial charge in [0.05, 0.1) is 24.8 Å². The number of aliphatic hydroxyl groups excluding tert-OH is 1. The van der Waals surface area contributed by atoms with E-state index in [0.717, 1.165) is 11.3 Å². The molecule has 5 heteroatoms. The number of benzene rings is 2. The van der Waals surface area contributed by atoms with Gasteiger partial charge >= 0.3 is 0 Å². The van der Waals surface area contributed by atoms with Crippen molar-refractivity contribution in [3.8, 4) is 5.75 Å². The Morgan fingerprint density at radius 3 is 2.64 bits per heavy atom. The zero-order chi connectivity index (χ0) is 16.1. The fraction of sp³-hybridized carbons (Fsp3) is 0.294. The first-order chi connectivity index (χ1) is 10.5. The molecular formula is C17H19ClFNO2. The fourth-order valence-corrected chi connectivity index (χ4v) is 2.41. The van der Waals surface area contributed by atoms with E-state index >= 15 is 0 Å². The highest BCUT2D eigenvalue weighted by atomic mass is 35.5. The van der Waals surface area contributed by atoms with Gasteiger partial charge < -0.3 is 15.2 Å². The first-order valence-corrected chi connectivity index (χ1v) is 7.38. The highest BCUT2D eigenvalue weighted by molar-refractivity contribution is 6.30. The summed E-state index contributed by atoms with van der Waals surface area (Å²) >= 11 is 5.69. The molecule has 0 fully saturated rings. The van der Waals surface area contributed by atoms with Crippen LogP contribution in [0.4, 0.5) is 4.39 Å². The van der Waals surface area contributed by atoms with Crippen molar-refractivity contribution in [2.45, 2.75) is 19.0 Å². The molecule has 0 saturated carbocycles. The van der Waals surface area contributed by atoms with Crippen molar-refractivity contribution in [3.63, 3.8) is 0 Å². The second-order valence-corrected chi connectivity index (χ2v) is 5.48. The zero-order valence-corrected chi connectivity index (χ0v) is 13.3. The van der Waals surface area contributed by atoms with Crippen LogP contribution in [0.2, 0.25) is 5.02 Å². The summed E-state index contributed by atoms with van der Waals surface area (Å²) in [6.45, 7) is 1.83. The average molecular weight is 324 g/mol. The number of aliphatic hydroxyl groups is 1. The normalized spacial score (nSPS) is 13.7. The van der Waals surface area contributed by atoms with E-state index < -0.39 is 5.82 Å². The van der Waals surface area contributed by atoms with Crippen LogP contribution in [0, 0.1) is 5.82 Å². The SMILES string of the molecule is COc1cccc(C(C)NC(CO)c2ccc(Cl)c(F)c2)c1. The summed E-state index contributed by atoms with van der Waals surface area (Å²) < 4.78 is 18.8. The Morgan fingerprint density at radius 1 is 1.23 bits per heavy atom. The molecule has 0 heterocycles. The van der Waals surface area contributed by atoms with Crippen molar-refractivity contribution in [3.05, 3.63) is 64.4 Å². The Kier molecular flexibility index (Phi) is 5.77. The predicted molar refractivity (Wildman–Crippen MR) is 85.8 cm³/mol. The molecule has 0 spiro atoms. The maximum atomic E-state index is 13.6. The van der Waals surface area contributed by atoms with E-state index in [2.05, 4.69) is 5.32 Å². The topological polar surface area (TPSA) is 41.5 Å². The Labute approximate surface area is 134 Å². The van der Waals surface area contributed by atoms with Gasteiger partial charge in [0.25, 0.3) is 0 Å². The van der Waals surface area contributed by atoms with E-state index in [0.29, 0.717) is 5.56 Å². The lowest BCUT2D eigenvalue weighted by atomic mass is 10.0. The minimum Gasteiger partial charge on any atom is -0.497 e. The fourth-order valence-electron chi connectivity index (χ4n) is 2.29. The van der Waals surface area contributed by atoms with Crippen molar-refractivity contribution in [2.75, 3.05) is 13.7 Å². The molecule has 0 aromatic heterocycles. The molecule has 118 valence electrons. The van der Waals surface area contributed by atoms with E-state index in [1.807, 2.05) is 31.2 Å². The Balaban J connectivity index is 2.16. The predicted octanol–water partition coefficient (Wildman–Crippen LogP) is 3.87. The van der Waals surface area contributed by atoms with E-state index in [4.69, 9.17) is 16.3 Å². The lowest BCUT2D eigenvalue weighted by Crippen LogP contribution is -2.27. The molecule has 2 rings (SSSR count). The van der Waals surface area contributed by atoms with Gasteiger partial charge in [-0.1, -0.05) is 29.8 Å². The Hall–Kier alpha value is -1.62. The van der Waals surface area contributed by atoms with Crippen molar-refractivity contribution in [1.29, 1.82) is 0 Å². The molecule has 0 saturated heterocycles. The molecule has 2 atom stereocenters. The monoisotopic (exact) mass is 323 g/mol. The second kappa shape index (κ2) is 7.58. The molecule has 2 unspecified atom stereocenters. The summed E-state index contributed by atoms with van der Waals surface area (Å²) in [5, 5.41) is 12.9. The van der Waals surface area contributed by atoms with Crippen LogP contribution < -0.4 is 10.1 Å². The third kappa shape index (κ3) is 3.97.